The van der Waals surface area contributed by atoms with Crippen LogP contribution in [0.1, 0.15) is 22.8 Å². The van der Waals surface area contributed by atoms with Crippen molar-refractivity contribution in [2.45, 2.75) is 19.6 Å². The standard InChI is InChI=1S/C44H28N4O12S4.Sn/c49-61(50,51)29-9-1-25(2-10-29)41-33-17-19-35(45-33)42(26-3-11-30(12-4-26)62(52,53)54)37-21-23-39(47-37)44(28-7-15-32(16-8-28)64(58,59)60)40-24-22-38(48-40)43(36-20-18-34(41)46-36)27-5-13-31(14-6-27)63(55,56)57;/h1-24H,(H,49,50,51)(H,52,53,54)(H,55,56,57)(H,58,59,60);/q-2;+2. The molecule has 0 fully saturated rings. The quantitative estimate of drug-likeness (QED) is 0.0866. The van der Waals surface area contributed by atoms with E-state index in [0.717, 1.165) is 0 Å². The summed E-state index contributed by atoms with van der Waals surface area (Å²) in [6.07, 6.45) is 6.79. The molecular weight excluding hydrogens is 1020 g/mol. The fraction of sp³-hybridized carbons (Fsp3) is 0. The third kappa shape index (κ3) is 8.99. The maximum atomic E-state index is 12.0. The first-order valence-electron chi connectivity index (χ1n) is 18.6. The van der Waals surface area contributed by atoms with Crippen LogP contribution in [0.15, 0.2) is 141 Å². The van der Waals surface area contributed by atoms with Gasteiger partial charge < -0.3 is 9.97 Å². The molecule has 65 heavy (non-hydrogen) atoms. The zero-order valence-corrected chi connectivity index (χ0v) is 39.0. The summed E-state index contributed by atoms with van der Waals surface area (Å²) >= 11 is 0. The minimum Gasteiger partial charge on any atom is -0.657 e. The Labute approximate surface area is 388 Å². The maximum Gasteiger partial charge on any atom is 2.00 e. The Kier molecular flexibility index (Phi) is 11.7. The molecule has 7 aromatic rings. The molecule has 0 amide bonds. The zero-order chi connectivity index (χ0) is 45.3. The number of aromatic nitrogens is 4. The van der Waals surface area contributed by atoms with E-state index in [0.29, 0.717) is 89.4 Å². The molecule has 9 rings (SSSR count). The van der Waals surface area contributed by atoms with Crippen LogP contribution in [0.25, 0.3) is 90.9 Å². The van der Waals surface area contributed by atoms with Crippen LogP contribution in [0.4, 0.5) is 0 Å². The van der Waals surface area contributed by atoms with Gasteiger partial charge in [-0.05, 0) is 117 Å². The molecule has 0 aliphatic carbocycles. The molecule has 0 spiro atoms. The van der Waals surface area contributed by atoms with Crippen molar-refractivity contribution >= 4 is 111 Å². The SMILES string of the molecule is O=S(=O)(O)c1ccc(-c2c3nc(c(-c4ccc(S(=O)(=O)O)cc4)c4ccc([n-]4)c(-c4ccc(S(=O)(=O)O)cc4)c4nc(c(-c5ccc(S(=O)(=O)O)cc5)c5ccc2[n-]5)C=C4)C=C3)cc1.[Sn+2]. The van der Waals surface area contributed by atoms with Crippen LogP contribution in [0.5, 0.6) is 0 Å². The molecule has 0 saturated heterocycles. The fourth-order valence-corrected chi connectivity index (χ4v) is 9.36. The first-order valence-corrected chi connectivity index (χ1v) is 24.4. The van der Waals surface area contributed by atoms with E-state index in [1.807, 2.05) is 0 Å². The number of benzene rings is 4. The third-order valence-corrected chi connectivity index (χ3v) is 13.8. The van der Waals surface area contributed by atoms with Gasteiger partial charge in [-0.1, -0.05) is 72.8 Å². The van der Waals surface area contributed by atoms with Crippen molar-refractivity contribution in [3.63, 3.8) is 0 Å². The molecule has 2 aliphatic rings. The number of fused-ring (bicyclic) bond motifs is 8. The Balaban J connectivity index is 0.00000576. The Morgan fingerprint density at radius 1 is 0.308 bits per heavy atom. The monoisotopic (exact) mass is 1050 g/mol. The van der Waals surface area contributed by atoms with Crippen molar-refractivity contribution in [3.05, 3.63) is 144 Å². The van der Waals surface area contributed by atoms with Gasteiger partial charge in [-0.25, -0.2) is 9.97 Å². The summed E-state index contributed by atoms with van der Waals surface area (Å²) in [5.74, 6) is 0. The van der Waals surface area contributed by atoms with Crippen LogP contribution in [0.3, 0.4) is 0 Å². The van der Waals surface area contributed by atoms with Crippen molar-refractivity contribution in [3.8, 4) is 44.5 Å². The van der Waals surface area contributed by atoms with Crippen LogP contribution in [0.2, 0.25) is 0 Å². The average molecular weight is 1050 g/mol. The summed E-state index contributed by atoms with van der Waals surface area (Å²) in [5.41, 5.74) is 6.28. The van der Waals surface area contributed by atoms with Gasteiger partial charge in [0.1, 0.15) is 0 Å². The van der Waals surface area contributed by atoms with Crippen molar-refractivity contribution in [1.82, 2.24) is 19.9 Å². The van der Waals surface area contributed by atoms with Crippen LogP contribution in [-0.2, 0) is 40.5 Å². The van der Waals surface area contributed by atoms with Crippen molar-refractivity contribution < 1.29 is 51.9 Å². The molecule has 4 aromatic carbocycles. The fourth-order valence-electron chi connectivity index (χ4n) is 7.44. The predicted molar refractivity (Wildman–Crippen MR) is 244 cm³/mol. The van der Waals surface area contributed by atoms with Gasteiger partial charge in [0.05, 0.1) is 42.4 Å². The summed E-state index contributed by atoms with van der Waals surface area (Å²) < 4.78 is 135. The largest absolute Gasteiger partial charge is 2.00 e. The van der Waals surface area contributed by atoms with E-state index in [9.17, 15) is 51.9 Å². The van der Waals surface area contributed by atoms with Gasteiger partial charge >= 0.3 is 23.9 Å². The molecule has 21 heteroatoms. The molecule has 4 N–H and O–H groups in total. The topological polar surface area (TPSA) is 271 Å². The molecular formula is C44H28N4O12S4Sn. The van der Waals surface area contributed by atoms with Crippen LogP contribution in [0, 0.1) is 0 Å². The Hall–Kier alpha value is -6.08. The van der Waals surface area contributed by atoms with Crippen molar-refractivity contribution in [2.75, 3.05) is 0 Å². The number of nitrogens with zero attached hydrogens (tertiary/aromatic N) is 4. The minimum absolute atomic E-state index is 0. The van der Waals surface area contributed by atoms with E-state index >= 15 is 0 Å². The summed E-state index contributed by atoms with van der Waals surface area (Å²) in [5, 5.41) is 0. The Morgan fingerprint density at radius 3 is 0.662 bits per heavy atom. The first kappa shape index (κ1) is 45.5. The molecule has 324 valence electrons. The van der Waals surface area contributed by atoms with Gasteiger partial charge in [0.15, 0.2) is 0 Å². The second kappa shape index (κ2) is 16.7. The minimum atomic E-state index is -4.56. The summed E-state index contributed by atoms with van der Waals surface area (Å²) in [6, 6.07) is 28.4. The molecule has 0 atom stereocenters. The van der Waals surface area contributed by atoms with Gasteiger partial charge in [-0.3, -0.25) is 18.2 Å². The van der Waals surface area contributed by atoms with Crippen LogP contribution in [-0.4, -0.2) is 85.8 Å². The van der Waals surface area contributed by atoms with E-state index in [2.05, 4.69) is 0 Å². The molecule has 16 nitrogen and oxygen atoms in total. The van der Waals surface area contributed by atoms with Gasteiger partial charge in [0.25, 0.3) is 40.5 Å². The zero-order valence-electron chi connectivity index (χ0n) is 32.8. The Morgan fingerprint density at radius 2 is 0.492 bits per heavy atom. The summed E-state index contributed by atoms with van der Waals surface area (Å²) in [4.78, 5) is 18.7. The second-order valence-electron chi connectivity index (χ2n) is 14.4. The number of hydrogen-bond acceptors (Lipinski definition) is 10. The van der Waals surface area contributed by atoms with Gasteiger partial charge in [-0.15, -0.1) is 22.1 Å². The molecule has 0 saturated carbocycles. The van der Waals surface area contributed by atoms with Gasteiger partial charge in [-0.2, -0.15) is 33.7 Å². The van der Waals surface area contributed by atoms with Crippen LogP contribution < -0.4 is 9.97 Å². The van der Waals surface area contributed by atoms with E-state index in [1.54, 1.807) is 48.6 Å². The molecule has 2 radical (unpaired) electrons. The van der Waals surface area contributed by atoms with E-state index in [1.165, 1.54) is 97.1 Å². The Bertz CT molecular complexity index is 3300. The van der Waals surface area contributed by atoms with Gasteiger partial charge in [0, 0.05) is 0 Å². The van der Waals surface area contributed by atoms with E-state index in [-0.39, 0.29) is 43.5 Å². The summed E-state index contributed by atoms with van der Waals surface area (Å²) in [7, 11) is -18.2. The van der Waals surface area contributed by atoms with Crippen molar-refractivity contribution in [1.29, 1.82) is 0 Å². The number of rotatable bonds is 8. The normalized spacial score (nSPS) is 12.9. The molecule has 3 aromatic heterocycles. The molecule has 5 heterocycles. The molecule has 8 bridgehead atoms. The maximum absolute atomic E-state index is 12.0. The predicted octanol–water partition coefficient (Wildman–Crippen LogP) is 7.19. The smallest absolute Gasteiger partial charge is 0.657 e. The summed E-state index contributed by atoms with van der Waals surface area (Å²) in [6.45, 7) is 0. The van der Waals surface area contributed by atoms with Gasteiger partial charge in [0.2, 0.25) is 0 Å². The van der Waals surface area contributed by atoms with Crippen molar-refractivity contribution in [2.24, 2.45) is 0 Å². The third-order valence-electron chi connectivity index (χ3n) is 10.4. The number of hydrogen-bond donors (Lipinski definition) is 4. The average Bonchev–Trinajstić information content (AvgIpc) is 4.08. The van der Waals surface area contributed by atoms with E-state index in [4.69, 9.17) is 19.9 Å². The van der Waals surface area contributed by atoms with E-state index < -0.39 is 40.5 Å². The molecule has 2 aliphatic heterocycles. The molecule has 0 unspecified atom stereocenters. The second-order valence-corrected chi connectivity index (χ2v) is 20.0. The van der Waals surface area contributed by atoms with Crippen LogP contribution >= 0.6 is 0 Å². The first-order chi connectivity index (χ1) is 30.2.